The van der Waals surface area contributed by atoms with Crippen molar-refractivity contribution in [2.45, 2.75) is 26.3 Å². The Morgan fingerprint density at radius 3 is 2.45 bits per heavy atom. The molecule has 0 radical (unpaired) electrons. The molecule has 0 N–H and O–H groups in total. The highest BCUT2D eigenvalue weighted by atomic mass is 35.5. The monoisotopic (exact) mass is 345 g/mol. The van der Waals surface area contributed by atoms with Crippen molar-refractivity contribution >= 4 is 27.3 Å². The molecule has 0 aromatic heterocycles. The third-order valence-corrected chi connectivity index (χ3v) is 6.27. The molecule has 0 spiro atoms. The highest BCUT2D eigenvalue weighted by Gasteiger charge is 2.32. The number of benzene rings is 1. The van der Waals surface area contributed by atoms with Crippen LogP contribution in [0.4, 0.5) is 0 Å². The van der Waals surface area contributed by atoms with E-state index in [4.69, 9.17) is 16.3 Å². The van der Waals surface area contributed by atoms with E-state index < -0.39 is 9.84 Å². The normalized spacial score (nSPS) is 19.9. The molecule has 0 aliphatic carbocycles. The van der Waals surface area contributed by atoms with E-state index in [9.17, 15) is 13.2 Å². The van der Waals surface area contributed by atoms with Crippen LogP contribution in [0.15, 0.2) is 12.1 Å². The number of hydrogen-bond acceptors (Lipinski definition) is 4. The minimum atomic E-state index is -3.01. The molecule has 2 rings (SSSR count). The van der Waals surface area contributed by atoms with Crippen LogP contribution in [-0.4, -0.2) is 50.4 Å². The van der Waals surface area contributed by atoms with Crippen molar-refractivity contribution in [3.63, 3.8) is 0 Å². The first-order chi connectivity index (χ1) is 10.2. The molecule has 1 fully saturated rings. The quantitative estimate of drug-likeness (QED) is 0.837. The number of nitrogens with zero attached hydrogens (tertiary/aromatic N) is 1. The fourth-order valence-electron chi connectivity index (χ4n) is 2.52. The molecular formula is C15H20ClNO4S. The zero-order valence-electron chi connectivity index (χ0n) is 12.9. The third kappa shape index (κ3) is 3.93. The number of aryl methyl sites for hydroxylation is 2. The minimum Gasteiger partial charge on any atom is -0.484 e. The topological polar surface area (TPSA) is 63.7 Å². The van der Waals surface area contributed by atoms with E-state index in [1.807, 2.05) is 13.8 Å². The maximum Gasteiger partial charge on any atom is 0.260 e. The smallest absolute Gasteiger partial charge is 0.260 e. The average Bonchev–Trinajstić information content (AvgIpc) is 2.81. The van der Waals surface area contributed by atoms with Gasteiger partial charge < -0.3 is 9.64 Å². The van der Waals surface area contributed by atoms with E-state index in [-0.39, 0.29) is 30.1 Å². The maximum atomic E-state index is 12.1. The van der Waals surface area contributed by atoms with E-state index in [2.05, 4.69) is 0 Å². The summed E-state index contributed by atoms with van der Waals surface area (Å²) in [6, 6.07) is 3.31. The Hall–Kier alpha value is -1.27. The lowest BCUT2D eigenvalue weighted by atomic mass is 10.1. The summed E-state index contributed by atoms with van der Waals surface area (Å²) in [4.78, 5) is 13.6. The number of halogens is 1. The number of carbonyl (C=O) groups excluding carboxylic acids is 1. The summed E-state index contributed by atoms with van der Waals surface area (Å²) in [5.74, 6) is 0.535. The second-order valence-corrected chi connectivity index (χ2v) is 8.33. The van der Waals surface area contributed by atoms with E-state index >= 15 is 0 Å². The Bertz CT molecular complexity index is 664. The third-order valence-electron chi connectivity index (χ3n) is 3.92. The number of rotatable bonds is 4. The van der Waals surface area contributed by atoms with Crippen LogP contribution in [0.1, 0.15) is 17.5 Å². The predicted octanol–water partition coefficient (Wildman–Crippen LogP) is 1.98. The van der Waals surface area contributed by atoms with E-state index in [0.29, 0.717) is 17.2 Å². The van der Waals surface area contributed by atoms with Gasteiger partial charge in [0.25, 0.3) is 5.91 Å². The summed E-state index contributed by atoms with van der Waals surface area (Å²) in [6.07, 6.45) is 0.490. The maximum absolute atomic E-state index is 12.1. The standard InChI is InChI=1S/C15H20ClNO4S/c1-10-6-13(7-11(2)15(10)16)21-8-14(18)17(3)12-4-5-22(19,20)9-12/h6-7,12H,4-5,8-9H2,1-3H3/t12-/m1/s1. The van der Waals surface area contributed by atoms with Crippen molar-refractivity contribution in [2.75, 3.05) is 25.2 Å². The number of likely N-dealkylation sites (N-methyl/N-ethyl adjacent to an activating group) is 1. The summed E-state index contributed by atoms with van der Waals surface area (Å²) in [7, 11) is -1.39. The summed E-state index contributed by atoms with van der Waals surface area (Å²) in [5.41, 5.74) is 1.78. The van der Waals surface area contributed by atoms with Gasteiger partial charge in [-0.1, -0.05) is 11.6 Å². The summed E-state index contributed by atoms with van der Waals surface area (Å²) >= 11 is 6.09. The van der Waals surface area contributed by atoms with Crippen LogP contribution < -0.4 is 4.74 Å². The van der Waals surface area contributed by atoms with Gasteiger partial charge in [0.15, 0.2) is 16.4 Å². The van der Waals surface area contributed by atoms with Gasteiger partial charge in [0.1, 0.15) is 5.75 Å². The van der Waals surface area contributed by atoms with Gasteiger partial charge in [-0.05, 0) is 43.5 Å². The van der Waals surface area contributed by atoms with Crippen LogP contribution in [0.3, 0.4) is 0 Å². The van der Waals surface area contributed by atoms with Gasteiger partial charge in [-0.3, -0.25) is 4.79 Å². The number of hydrogen-bond donors (Lipinski definition) is 0. The van der Waals surface area contributed by atoms with Gasteiger partial charge in [0.05, 0.1) is 11.5 Å². The average molecular weight is 346 g/mol. The fraction of sp³-hybridized carbons (Fsp3) is 0.533. The molecule has 1 aliphatic rings. The van der Waals surface area contributed by atoms with Crippen molar-refractivity contribution in [3.05, 3.63) is 28.3 Å². The molecule has 0 bridgehead atoms. The summed E-state index contributed by atoms with van der Waals surface area (Å²) in [6.45, 7) is 3.63. The molecule has 0 unspecified atom stereocenters. The second kappa shape index (κ2) is 6.46. The lowest BCUT2D eigenvalue weighted by Gasteiger charge is -2.23. The Kier molecular flexibility index (Phi) is 5.02. The van der Waals surface area contributed by atoms with Crippen LogP contribution in [0, 0.1) is 13.8 Å². The van der Waals surface area contributed by atoms with Crippen molar-refractivity contribution in [1.82, 2.24) is 4.90 Å². The highest BCUT2D eigenvalue weighted by Crippen LogP contribution is 2.26. The first-order valence-corrected chi connectivity index (χ1v) is 9.25. The van der Waals surface area contributed by atoms with Gasteiger partial charge in [0.2, 0.25) is 0 Å². The molecule has 1 aromatic carbocycles. The molecule has 1 heterocycles. The zero-order valence-corrected chi connectivity index (χ0v) is 14.5. The molecule has 1 atom stereocenters. The van der Waals surface area contributed by atoms with Gasteiger partial charge >= 0.3 is 0 Å². The Balaban J connectivity index is 1.95. The van der Waals surface area contributed by atoms with E-state index in [1.54, 1.807) is 19.2 Å². The van der Waals surface area contributed by atoms with Gasteiger partial charge in [0, 0.05) is 18.1 Å². The van der Waals surface area contributed by atoms with Crippen molar-refractivity contribution in [1.29, 1.82) is 0 Å². The molecule has 1 amide bonds. The largest absolute Gasteiger partial charge is 0.484 e. The molecule has 1 saturated heterocycles. The molecule has 0 saturated carbocycles. The molecule has 5 nitrogen and oxygen atoms in total. The van der Waals surface area contributed by atoms with Crippen LogP contribution in [0.5, 0.6) is 5.75 Å². The Labute approximate surface area is 136 Å². The van der Waals surface area contributed by atoms with Crippen LogP contribution in [0.25, 0.3) is 0 Å². The van der Waals surface area contributed by atoms with Gasteiger partial charge in [-0.25, -0.2) is 8.42 Å². The van der Waals surface area contributed by atoms with Crippen LogP contribution in [0.2, 0.25) is 5.02 Å². The predicted molar refractivity (Wildman–Crippen MR) is 86.2 cm³/mol. The number of carbonyl (C=O) groups is 1. The van der Waals surface area contributed by atoms with Gasteiger partial charge in [-0.2, -0.15) is 0 Å². The zero-order chi connectivity index (χ0) is 16.5. The number of ether oxygens (including phenoxy) is 1. The Morgan fingerprint density at radius 2 is 1.95 bits per heavy atom. The van der Waals surface area contributed by atoms with Crippen molar-refractivity contribution in [2.24, 2.45) is 0 Å². The SMILES string of the molecule is Cc1cc(OCC(=O)N(C)[C@@H]2CCS(=O)(=O)C2)cc(C)c1Cl. The first-order valence-electron chi connectivity index (χ1n) is 7.05. The second-order valence-electron chi connectivity index (χ2n) is 5.72. The molecule has 1 aromatic rings. The first kappa shape index (κ1) is 17.1. The van der Waals surface area contributed by atoms with Gasteiger partial charge in [-0.15, -0.1) is 0 Å². The summed E-state index contributed by atoms with van der Waals surface area (Å²) < 4.78 is 28.5. The van der Waals surface area contributed by atoms with Crippen LogP contribution >= 0.6 is 11.6 Å². The molecule has 22 heavy (non-hydrogen) atoms. The lowest BCUT2D eigenvalue weighted by molar-refractivity contribution is -0.133. The van der Waals surface area contributed by atoms with E-state index in [1.165, 1.54) is 4.90 Å². The van der Waals surface area contributed by atoms with Crippen LogP contribution in [-0.2, 0) is 14.6 Å². The summed E-state index contributed by atoms with van der Waals surface area (Å²) in [5, 5.41) is 0.687. The molecule has 1 aliphatic heterocycles. The van der Waals surface area contributed by atoms with E-state index in [0.717, 1.165) is 11.1 Å². The highest BCUT2D eigenvalue weighted by molar-refractivity contribution is 7.91. The van der Waals surface area contributed by atoms with Crippen molar-refractivity contribution < 1.29 is 17.9 Å². The number of amides is 1. The Morgan fingerprint density at radius 1 is 1.36 bits per heavy atom. The fourth-order valence-corrected chi connectivity index (χ4v) is 4.40. The molecule has 7 heteroatoms. The number of sulfone groups is 1. The molecule has 122 valence electrons. The lowest BCUT2D eigenvalue weighted by Crippen LogP contribution is -2.40. The molecular weight excluding hydrogens is 326 g/mol. The van der Waals surface area contributed by atoms with Crippen molar-refractivity contribution in [3.8, 4) is 5.75 Å². The minimum absolute atomic E-state index is 0.0361.